The van der Waals surface area contributed by atoms with E-state index in [0.29, 0.717) is 12.1 Å². The van der Waals surface area contributed by atoms with Crippen LogP contribution in [0.15, 0.2) is 36.5 Å². The highest BCUT2D eigenvalue weighted by Crippen LogP contribution is 2.27. The number of carbonyl (C=O) groups excluding carboxylic acids is 1. The topological polar surface area (TPSA) is 57.3 Å². The van der Waals surface area contributed by atoms with Gasteiger partial charge in [0.05, 0.1) is 5.56 Å². The molecule has 1 aromatic carbocycles. The van der Waals surface area contributed by atoms with Crippen LogP contribution >= 0.6 is 0 Å². The highest BCUT2D eigenvalue weighted by atomic mass is 16.1. The molecule has 0 atom stereocenters. The number of nitrogens with one attached hydrogen (secondary N) is 2. The van der Waals surface area contributed by atoms with Crippen LogP contribution in [0.2, 0.25) is 0 Å². The van der Waals surface area contributed by atoms with E-state index in [9.17, 15) is 4.79 Å². The molecule has 5 heteroatoms. The molecular weight excluding hydrogens is 360 g/mol. The van der Waals surface area contributed by atoms with Gasteiger partial charge in [-0.25, -0.2) is 4.98 Å². The third-order valence-corrected chi connectivity index (χ3v) is 6.23. The molecule has 0 spiro atoms. The van der Waals surface area contributed by atoms with Gasteiger partial charge in [-0.1, -0.05) is 31.5 Å². The van der Waals surface area contributed by atoms with E-state index in [1.807, 2.05) is 12.1 Å². The standard InChI is InChI=1S/C24H32N4O/c1-2-12-25-23-9-8-21(17-26-23)24(29)27-16-18-6-7-19-10-13-28(22-4-3-5-22)14-11-20(19)15-18/h6-9,15,17,22H,2-5,10-14,16H2,1H3,(H,25,26)(H,27,29). The third-order valence-electron chi connectivity index (χ3n) is 6.23. The number of pyridine rings is 1. The van der Waals surface area contributed by atoms with Crippen LogP contribution in [0.4, 0.5) is 5.82 Å². The number of hydrogen-bond acceptors (Lipinski definition) is 4. The maximum absolute atomic E-state index is 12.5. The van der Waals surface area contributed by atoms with Crippen molar-refractivity contribution in [1.82, 2.24) is 15.2 Å². The smallest absolute Gasteiger partial charge is 0.253 e. The minimum Gasteiger partial charge on any atom is -0.370 e. The molecule has 29 heavy (non-hydrogen) atoms. The summed E-state index contributed by atoms with van der Waals surface area (Å²) in [5, 5.41) is 6.26. The van der Waals surface area contributed by atoms with Crippen LogP contribution in [0.1, 0.15) is 59.7 Å². The number of anilines is 1. The second-order valence-electron chi connectivity index (χ2n) is 8.27. The van der Waals surface area contributed by atoms with E-state index >= 15 is 0 Å². The van der Waals surface area contributed by atoms with Gasteiger partial charge in [0.1, 0.15) is 5.82 Å². The predicted octanol–water partition coefficient (Wildman–Crippen LogP) is 3.79. The highest BCUT2D eigenvalue weighted by Gasteiger charge is 2.26. The zero-order valence-corrected chi connectivity index (χ0v) is 17.4. The van der Waals surface area contributed by atoms with Crippen LogP contribution in [0.5, 0.6) is 0 Å². The molecule has 1 aliphatic carbocycles. The molecule has 0 saturated heterocycles. The maximum Gasteiger partial charge on any atom is 0.253 e. The molecular formula is C24H32N4O. The average Bonchev–Trinajstić information content (AvgIpc) is 2.92. The number of nitrogens with zero attached hydrogens (tertiary/aromatic N) is 2. The summed E-state index contributed by atoms with van der Waals surface area (Å²) >= 11 is 0. The van der Waals surface area contributed by atoms with Crippen molar-refractivity contribution in [2.24, 2.45) is 0 Å². The third kappa shape index (κ3) is 4.96. The first-order valence-electron chi connectivity index (χ1n) is 11.1. The molecule has 1 aromatic heterocycles. The van der Waals surface area contributed by atoms with Crippen LogP contribution < -0.4 is 10.6 Å². The first-order chi connectivity index (χ1) is 14.2. The van der Waals surface area contributed by atoms with E-state index < -0.39 is 0 Å². The van der Waals surface area contributed by atoms with E-state index in [-0.39, 0.29) is 5.91 Å². The number of hydrogen-bond donors (Lipinski definition) is 2. The van der Waals surface area contributed by atoms with Gasteiger partial charge in [-0.15, -0.1) is 0 Å². The van der Waals surface area contributed by atoms with Gasteiger partial charge in [-0.3, -0.25) is 9.69 Å². The number of benzene rings is 1. The lowest BCUT2D eigenvalue weighted by Crippen LogP contribution is -2.41. The summed E-state index contributed by atoms with van der Waals surface area (Å²) in [4.78, 5) is 19.5. The van der Waals surface area contributed by atoms with Crippen molar-refractivity contribution in [3.05, 3.63) is 58.8 Å². The number of rotatable bonds is 7. The van der Waals surface area contributed by atoms with Gasteiger partial charge in [0.25, 0.3) is 5.91 Å². The second-order valence-corrected chi connectivity index (χ2v) is 8.27. The van der Waals surface area contributed by atoms with Gasteiger partial charge >= 0.3 is 0 Å². The SMILES string of the molecule is CCCNc1ccc(C(=O)NCc2ccc3c(c2)CCN(C2CCC2)CC3)cn1. The Kier molecular flexibility index (Phi) is 6.45. The minimum atomic E-state index is -0.0781. The Labute approximate surface area is 173 Å². The Balaban J connectivity index is 1.32. The van der Waals surface area contributed by atoms with Crippen molar-refractivity contribution in [3.63, 3.8) is 0 Å². The average molecular weight is 393 g/mol. The molecule has 154 valence electrons. The zero-order valence-electron chi connectivity index (χ0n) is 17.4. The fourth-order valence-corrected chi connectivity index (χ4v) is 4.19. The molecule has 0 unspecified atom stereocenters. The van der Waals surface area contributed by atoms with Gasteiger partial charge in [0, 0.05) is 38.4 Å². The van der Waals surface area contributed by atoms with Crippen molar-refractivity contribution in [2.45, 2.75) is 58.0 Å². The molecule has 1 fully saturated rings. The fraction of sp³-hybridized carbons (Fsp3) is 0.500. The Morgan fingerprint density at radius 2 is 1.97 bits per heavy atom. The normalized spacial score (nSPS) is 17.1. The molecule has 2 N–H and O–H groups in total. The van der Waals surface area contributed by atoms with E-state index in [0.717, 1.165) is 44.2 Å². The van der Waals surface area contributed by atoms with Crippen molar-refractivity contribution in [1.29, 1.82) is 0 Å². The van der Waals surface area contributed by atoms with Gasteiger partial charge in [0.2, 0.25) is 0 Å². The lowest BCUT2D eigenvalue weighted by molar-refractivity contribution is 0.0950. The molecule has 4 rings (SSSR count). The van der Waals surface area contributed by atoms with Gasteiger partial charge in [0.15, 0.2) is 0 Å². The van der Waals surface area contributed by atoms with Crippen molar-refractivity contribution in [2.75, 3.05) is 25.0 Å². The van der Waals surface area contributed by atoms with Crippen molar-refractivity contribution < 1.29 is 4.79 Å². The van der Waals surface area contributed by atoms with Crippen LogP contribution in [0, 0.1) is 0 Å². The van der Waals surface area contributed by atoms with Crippen LogP contribution in [-0.4, -0.2) is 41.5 Å². The van der Waals surface area contributed by atoms with Crippen LogP contribution in [0.3, 0.4) is 0 Å². The summed E-state index contributed by atoms with van der Waals surface area (Å²) in [5.41, 5.74) is 4.69. The zero-order chi connectivity index (χ0) is 20.1. The van der Waals surface area contributed by atoms with E-state index in [2.05, 4.69) is 45.6 Å². The quantitative estimate of drug-likeness (QED) is 0.753. The number of aromatic nitrogens is 1. The molecule has 2 aromatic rings. The van der Waals surface area contributed by atoms with E-state index in [4.69, 9.17) is 0 Å². The van der Waals surface area contributed by atoms with E-state index in [1.54, 1.807) is 6.20 Å². The van der Waals surface area contributed by atoms with Gasteiger partial charge in [-0.05, 0) is 60.9 Å². The molecule has 2 heterocycles. The first kappa shape index (κ1) is 19.9. The maximum atomic E-state index is 12.5. The number of fused-ring (bicyclic) bond motifs is 1. The summed E-state index contributed by atoms with van der Waals surface area (Å²) in [7, 11) is 0. The molecule has 1 amide bonds. The second kappa shape index (κ2) is 9.40. The highest BCUT2D eigenvalue weighted by molar-refractivity contribution is 5.94. The Bertz CT molecular complexity index is 829. The van der Waals surface area contributed by atoms with Crippen molar-refractivity contribution >= 4 is 11.7 Å². The molecule has 2 aliphatic rings. The molecule has 1 saturated carbocycles. The largest absolute Gasteiger partial charge is 0.370 e. The molecule has 0 bridgehead atoms. The molecule has 1 aliphatic heterocycles. The van der Waals surface area contributed by atoms with Crippen LogP contribution in [0.25, 0.3) is 0 Å². The first-order valence-corrected chi connectivity index (χ1v) is 11.1. The van der Waals surface area contributed by atoms with Gasteiger partial charge < -0.3 is 10.6 Å². The van der Waals surface area contributed by atoms with E-state index in [1.165, 1.54) is 42.5 Å². The summed E-state index contributed by atoms with van der Waals surface area (Å²) in [5.74, 6) is 0.732. The Morgan fingerprint density at radius 3 is 2.66 bits per heavy atom. The minimum absolute atomic E-state index is 0.0781. The molecule has 0 radical (unpaired) electrons. The van der Waals surface area contributed by atoms with Crippen LogP contribution in [-0.2, 0) is 19.4 Å². The Morgan fingerprint density at radius 1 is 1.14 bits per heavy atom. The predicted molar refractivity (Wildman–Crippen MR) is 117 cm³/mol. The summed E-state index contributed by atoms with van der Waals surface area (Å²) in [6.07, 6.45) is 9.08. The van der Waals surface area contributed by atoms with Gasteiger partial charge in [-0.2, -0.15) is 0 Å². The fourth-order valence-electron chi connectivity index (χ4n) is 4.19. The Hall–Kier alpha value is -2.40. The summed E-state index contributed by atoms with van der Waals surface area (Å²) in [6.45, 7) is 5.90. The monoisotopic (exact) mass is 392 g/mol. The van der Waals surface area contributed by atoms with Crippen molar-refractivity contribution in [3.8, 4) is 0 Å². The lowest BCUT2D eigenvalue weighted by Gasteiger charge is -2.36. The summed E-state index contributed by atoms with van der Waals surface area (Å²) < 4.78 is 0. The summed E-state index contributed by atoms with van der Waals surface area (Å²) in [6, 6.07) is 11.2. The number of carbonyl (C=O) groups is 1. The number of amides is 1. The lowest BCUT2D eigenvalue weighted by atomic mass is 9.91. The molecule has 5 nitrogen and oxygen atoms in total.